The quantitative estimate of drug-likeness (QED) is 0.0879. The molecule has 2 saturated heterocycles. The molecule has 0 radical (unpaired) electrons. The van der Waals surface area contributed by atoms with E-state index in [0.29, 0.717) is 10.1 Å². The average molecular weight is 901 g/mol. The Bertz CT molecular complexity index is 2050. The summed E-state index contributed by atoms with van der Waals surface area (Å²) < 4.78 is 87.6. The van der Waals surface area contributed by atoms with Crippen LogP contribution in [0.3, 0.4) is 0 Å². The number of hydrogen-bond donors (Lipinski definition) is 6. The molecule has 2 amide bonds. The number of carbonyl (C=O) groups is 3. The van der Waals surface area contributed by atoms with Crippen LogP contribution < -0.4 is 11.0 Å². The summed E-state index contributed by atoms with van der Waals surface area (Å²) in [5.41, 5.74) is 4.69. The smallest absolute Gasteiger partial charge is 0.339 e. The van der Waals surface area contributed by atoms with Crippen molar-refractivity contribution in [1.82, 2.24) is 19.6 Å². The number of aryl methyl sites for hydroxylation is 2. The van der Waals surface area contributed by atoms with Gasteiger partial charge in [-0.2, -0.15) is 25.6 Å². The Labute approximate surface area is 342 Å². The Morgan fingerprint density at radius 1 is 0.828 bits per heavy atom. The zero-order valence-electron chi connectivity index (χ0n) is 33.2. The monoisotopic (exact) mass is 900 g/mol. The fourth-order valence-corrected chi connectivity index (χ4v) is 12.4. The predicted octanol–water partition coefficient (Wildman–Crippen LogP) is 0.824. The third kappa shape index (κ3) is 12.4. The van der Waals surface area contributed by atoms with E-state index in [4.69, 9.17) is 19.9 Å². The molecule has 2 aliphatic heterocycles. The molecule has 2 aromatic carbocycles. The molecule has 0 saturated carbocycles. The molecule has 2 fully saturated rings. The Balaban J connectivity index is 0.000000358. The summed E-state index contributed by atoms with van der Waals surface area (Å²) in [5.74, 6) is -2.88. The van der Waals surface area contributed by atoms with Crippen LogP contribution in [0.5, 0.6) is 0 Å². The Morgan fingerprint density at radius 3 is 1.64 bits per heavy atom. The maximum Gasteiger partial charge on any atom is 0.339 e. The van der Waals surface area contributed by atoms with Gasteiger partial charge in [-0.1, -0.05) is 35.4 Å². The van der Waals surface area contributed by atoms with Gasteiger partial charge >= 0.3 is 5.97 Å². The summed E-state index contributed by atoms with van der Waals surface area (Å²) in [6.45, 7) is 10.0. The van der Waals surface area contributed by atoms with Gasteiger partial charge in [0.25, 0.3) is 11.8 Å². The lowest BCUT2D eigenvalue weighted by Gasteiger charge is -2.36. The fraction of sp³-hybridized carbons (Fsp3) is 0.559. The van der Waals surface area contributed by atoms with Crippen LogP contribution in [0.4, 0.5) is 0 Å². The second-order valence-electron chi connectivity index (χ2n) is 14.3. The van der Waals surface area contributed by atoms with Crippen molar-refractivity contribution in [3.8, 4) is 0 Å². The molecule has 0 unspecified atom stereocenters. The summed E-state index contributed by atoms with van der Waals surface area (Å²) in [6, 6.07) is 9.32. The van der Waals surface area contributed by atoms with E-state index in [-0.39, 0.29) is 23.1 Å². The van der Waals surface area contributed by atoms with Gasteiger partial charge in [0.15, 0.2) is 9.84 Å². The Kier molecular flexibility index (Phi) is 18.3. The highest BCUT2D eigenvalue weighted by molar-refractivity contribution is 8.00. The van der Waals surface area contributed by atoms with Crippen molar-refractivity contribution in [3.05, 3.63) is 59.7 Å². The fourth-order valence-electron chi connectivity index (χ4n) is 5.89. The van der Waals surface area contributed by atoms with Crippen molar-refractivity contribution in [1.29, 1.82) is 0 Å². The molecule has 4 rings (SSSR count). The zero-order chi connectivity index (χ0) is 44.4. The maximum atomic E-state index is 13.4. The zero-order valence-corrected chi connectivity index (χ0v) is 36.4. The van der Waals surface area contributed by atoms with E-state index in [0.717, 1.165) is 22.4 Å². The lowest BCUT2D eigenvalue weighted by molar-refractivity contribution is -0.231. The standard InChI is InChI=1S/C17H26N2O6S2.C15H22N2O7S2.C2H4O3/c1-12-5-7-14(8-6-12)27(22,23)19-9-13(25-11-24-4)10-26-17(2,3)15(19)16(20)18-21;1-10-4-6-12(7-5-10)26(23,24)17-8-11(18)9-25(21,22)15(2,3)13(17)14(19)16-20;1-2(3)5-4/h5-8,13,15,21H,9-11H2,1-4H3,(H,18,20);4-7,11,13,18,20H,8-9H2,1-3H3,(H,16,19);4H,1H3/t13-,15+;11-,13+;/m11./s1. The SMILES string of the molecule is CC(=O)OO.COCO[C@H]1CSC(C)(C)[C@H](C(=O)NO)N(S(=O)(=O)c2ccc(C)cc2)C1.Cc1ccc(S(=O)(=O)N2C[C@@H](O)CS(=O)(=O)C(C)(C)[C@@H]2C(=O)NO)cc1. The van der Waals surface area contributed by atoms with Gasteiger partial charge < -0.3 is 19.5 Å². The number of rotatable bonds is 9. The van der Waals surface area contributed by atoms with Crippen LogP contribution in [-0.4, -0.2) is 145 Å². The summed E-state index contributed by atoms with van der Waals surface area (Å²) in [5, 5.41) is 35.7. The number of thioether (sulfide) groups is 1. The van der Waals surface area contributed by atoms with Gasteiger partial charge in [-0.15, -0.1) is 0 Å². The van der Waals surface area contributed by atoms with Gasteiger partial charge in [-0.25, -0.2) is 41.0 Å². The number of nitrogens with one attached hydrogen (secondary N) is 2. The Morgan fingerprint density at radius 2 is 1.24 bits per heavy atom. The molecule has 20 nitrogen and oxygen atoms in total. The highest BCUT2D eigenvalue weighted by Gasteiger charge is 2.55. The van der Waals surface area contributed by atoms with Crippen LogP contribution in [-0.2, 0) is 58.6 Å². The molecule has 2 aliphatic rings. The van der Waals surface area contributed by atoms with Gasteiger partial charge in [0.1, 0.15) is 18.9 Å². The van der Waals surface area contributed by atoms with Crippen molar-refractivity contribution < 1.29 is 74.8 Å². The van der Waals surface area contributed by atoms with E-state index < -0.39 is 93.8 Å². The first kappa shape index (κ1) is 50.9. The number of carbonyl (C=O) groups excluding carboxylic acids is 3. The maximum absolute atomic E-state index is 13.4. The van der Waals surface area contributed by atoms with Crippen LogP contribution in [0.2, 0.25) is 0 Å². The number of hydrogen-bond acceptors (Lipinski definition) is 17. The molecule has 328 valence electrons. The minimum Gasteiger partial charge on any atom is -0.391 e. The van der Waals surface area contributed by atoms with Crippen LogP contribution in [0.15, 0.2) is 58.3 Å². The summed E-state index contributed by atoms with van der Waals surface area (Å²) in [4.78, 5) is 37.1. The number of methoxy groups -OCH3 is 1. The topological polar surface area (TPSA) is 293 Å². The third-order valence-corrected chi connectivity index (χ3v) is 16.9. The molecule has 4 atom stereocenters. The second kappa shape index (κ2) is 20.8. The lowest BCUT2D eigenvalue weighted by atomic mass is 10.0. The van der Waals surface area contributed by atoms with Crippen LogP contribution in [0, 0.1) is 13.8 Å². The molecular weight excluding hydrogens is 849 g/mol. The highest BCUT2D eigenvalue weighted by atomic mass is 32.2. The first-order valence-corrected chi connectivity index (χ1v) is 22.8. The molecule has 0 bridgehead atoms. The number of sulfonamides is 2. The summed E-state index contributed by atoms with van der Waals surface area (Å²) in [6.07, 6.45) is -1.98. The molecule has 2 heterocycles. The number of ether oxygens (including phenoxy) is 2. The molecule has 0 spiro atoms. The van der Waals surface area contributed by atoms with Gasteiger partial charge in [0, 0.05) is 37.6 Å². The number of nitrogens with zero attached hydrogens (tertiary/aromatic N) is 2. The van der Waals surface area contributed by atoms with Crippen LogP contribution >= 0.6 is 11.8 Å². The second-order valence-corrected chi connectivity index (χ2v) is 22.3. The van der Waals surface area contributed by atoms with Crippen molar-refractivity contribution in [2.24, 2.45) is 0 Å². The van der Waals surface area contributed by atoms with Gasteiger partial charge in [0.05, 0.1) is 32.5 Å². The molecule has 24 heteroatoms. The normalized spacial score (nSPS) is 23.2. The summed E-state index contributed by atoms with van der Waals surface area (Å²) >= 11 is 1.41. The van der Waals surface area contributed by atoms with Gasteiger partial charge in [-0.3, -0.25) is 20.0 Å². The lowest BCUT2D eigenvalue weighted by Crippen LogP contribution is -2.60. The minimum absolute atomic E-state index is 0.0148. The first-order chi connectivity index (χ1) is 26.7. The molecule has 2 aromatic rings. The number of aliphatic hydroxyl groups excluding tert-OH is 1. The Hall–Kier alpha value is -3.27. The van der Waals surface area contributed by atoms with E-state index in [2.05, 4.69) is 4.89 Å². The van der Waals surface area contributed by atoms with Gasteiger partial charge in [-0.05, 0) is 65.8 Å². The largest absolute Gasteiger partial charge is 0.391 e. The number of amides is 2. The van der Waals surface area contributed by atoms with E-state index in [1.165, 1.54) is 62.5 Å². The number of hydroxylamine groups is 2. The molecule has 0 aliphatic carbocycles. The van der Waals surface area contributed by atoms with Crippen molar-refractivity contribution in [2.75, 3.05) is 38.5 Å². The molecule has 0 aromatic heterocycles. The van der Waals surface area contributed by atoms with Crippen molar-refractivity contribution >= 4 is 59.4 Å². The molecular formula is C34H52N4O16S4. The predicted molar refractivity (Wildman–Crippen MR) is 209 cm³/mol. The van der Waals surface area contributed by atoms with E-state index in [1.54, 1.807) is 50.5 Å². The highest BCUT2D eigenvalue weighted by Crippen LogP contribution is 2.38. The number of benzene rings is 2. The first-order valence-electron chi connectivity index (χ1n) is 17.3. The number of aliphatic hydroxyl groups is 1. The van der Waals surface area contributed by atoms with Crippen molar-refractivity contribution in [2.45, 2.75) is 92.0 Å². The van der Waals surface area contributed by atoms with E-state index in [1.807, 2.05) is 6.92 Å². The van der Waals surface area contributed by atoms with Crippen LogP contribution in [0.25, 0.3) is 0 Å². The average Bonchev–Trinajstić information content (AvgIpc) is 3.33. The minimum atomic E-state index is -4.32. The number of β-amino-alcohol motifs (C(OH)–C–C–N with tert-alkyl or cyclic N) is 1. The van der Waals surface area contributed by atoms with E-state index in [9.17, 15) is 50.0 Å². The van der Waals surface area contributed by atoms with Crippen molar-refractivity contribution in [3.63, 3.8) is 0 Å². The van der Waals surface area contributed by atoms with Crippen LogP contribution in [0.1, 0.15) is 45.7 Å². The van der Waals surface area contributed by atoms with Gasteiger partial charge in [0.2, 0.25) is 20.0 Å². The molecule has 58 heavy (non-hydrogen) atoms. The number of sulfone groups is 1. The summed E-state index contributed by atoms with van der Waals surface area (Å²) in [7, 11) is -10.9. The van der Waals surface area contributed by atoms with E-state index >= 15 is 0 Å². The molecule has 6 N–H and O–H groups in total. The third-order valence-electron chi connectivity index (χ3n) is 9.04.